The van der Waals surface area contributed by atoms with E-state index in [1.165, 1.54) is 6.07 Å². The Hall–Kier alpha value is -2.02. The molecule has 3 N–H and O–H groups in total. The lowest BCUT2D eigenvalue weighted by Crippen LogP contribution is -2.14. The maximum atomic E-state index is 13.1. The van der Waals surface area contributed by atoms with Crippen molar-refractivity contribution in [2.75, 3.05) is 11.9 Å². The van der Waals surface area contributed by atoms with Crippen LogP contribution in [-0.2, 0) is 4.79 Å². The number of rotatable bonds is 7. The van der Waals surface area contributed by atoms with Crippen LogP contribution in [0.2, 0.25) is 0 Å². The zero-order chi connectivity index (χ0) is 15.1. The minimum Gasteiger partial charge on any atom is -0.330 e. The number of anilines is 1. The molecule has 0 heterocycles. The number of nitrogens with zero attached hydrogens (tertiary/aromatic N) is 1. The minimum atomic E-state index is -0.926. The van der Waals surface area contributed by atoms with Crippen LogP contribution < -0.4 is 11.1 Å². The quantitative estimate of drug-likeness (QED) is 0.593. The van der Waals surface area contributed by atoms with E-state index in [0.29, 0.717) is 25.3 Å². The van der Waals surface area contributed by atoms with E-state index in [2.05, 4.69) is 5.32 Å². The van der Waals surface area contributed by atoms with Crippen LogP contribution >= 0.6 is 0 Å². The van der Waals surface area contributed by atoms with Crippen LogP contribution in [0.1, 0.15) is 26.2 Å². The van der Waals surface area contributed by atoms with Crippen molar-refractivity contribution >= 4 is 17.3 Å². The summed E-state index contributed by atoms with van der Waals surface area (Å²) in [4.78, 5) is 21.4. The summed E-state index contributed by atoms with van der Waals surface area (Å²) in [6.07, 6.45) is 1.83. The molecule has 0 saturated carbocycles. The van der Waals surface area contributed by atoms with Crippen LogP contribution in [0.3, 0.4) is 0 Å². The molecule has 0 radical (unpaired) electrons. The summed E-state index contributed by atoms with van der Waals surface area (Å²) in [6.45, 7) is 2.58. The third kappa shape index (κ3) is 4.93. The number of amides is 1. The van der Waals surface area contributed by atoms with Gasteiger partial charge in [0.15, 0.2) is 0 Å². The molecule has 1 aromatic carbocycles. The number of nitro groups is 1. The number of nitrogens with two attached hydrogens (primary N) is 1. The van der Waals surface area contributed by atoms with Crippen molar-refractivity contribution in [3.63, 3.8) is 0 Å². The predicted molar refractivity (Wildman–Crippen MR) is 73.8 cm³/mol. The average Bonchev–Trinajstić information content (AvgIpc) is 2.39. The Labute approximate surface area is 116 Å². The van der Waals surface area contributed by atoms with E-state index in [1.807, 2.05) is 6.92 Å². The zero-order valence-corrected chi connectivity index (χ0v) is 11.3. The fraction of sp³-hybridized carbons (Fsp3) is 0.462. The van der Waals surface area contributed by atoms with Gasteiger partial charge in [-0.1, -0.05) is 6.92 Å². The molecule has 0 aliphatic rings. The number of benzene rings is 1. The second-order valence-corrected chi connectivity index (χ2v) is 4.69. The van der Waals surface area contributed by atoms with Gasteiger partial charge in [-0.3, -0.25) is 14.9 Å². The Morgan fingerprint density at radius 3 is 2.80 bits per heavy atom. The molecule has 0 aromatic heterocycles. The summed E-state index contributed by atoms with van der Waals surface area (Å²) in [5.41, 5.74) is 4.98. The summed E-state index contributed by atoms with van der Waals surface area (Å²) in [5.74, 6) is -0.840. The van der Waals surface area contributed by atoms with Crippen molar-refractivity contribution in [2.24, 2.45) is 11.7 Å². The van der Waals surface area contributed by atoms with Gasteiger partial charge in [0.05, 0.1) is 4.92 Å². The Morgan fingerprint density at radius 1 is 1.50 bits per heavy atom. The maximum Gasteiger partial charge on any atom is 0.306 e. The van der Waals surface area contributed by atoms with Crippen molar-refractivity contribution in [3.05, 3.63) is 34.1 Å². The Morgan fingerprint density at radius 2 is 2.20 bits per heavy atom. The zero-order valence-electron chi connectivity index (χ0n) is 11.3. The average molecular weight is 283 g/mol. The van der Waals surface area contributed by atoms with Crippen molar-refractivity contribution in [1.82, 2.24) is 0 Å². The topological polar surface area (TPSA) is 98.3 Å². The molecule has 6 nitrogen and oxygen atoms in total. The van der Waals surface area contributed by atoms with Crippen molar-refractivity contribution < 1.29 is 14.1 Å². The number of hydrogen-bond acceptors (Lipinski definition) is 4. The summed E-state index contributed by atoms with van der Waals surface area (Å²) >= 11 is 0. The van der Waals surface area contributed by atoms with Gasteiger partial charge in [-0.25, -0.2) is 0 Å². The lowest BCUT2D eigenvalue weighted by molar-refractivity contribution is -0.387. The second kappa shape index (κ2) is 7.54. The standard InChI is InChI=1S/C13H18FN3O3/c1-9(6-7-15)2-5-13(18)16-10-3-4-11(14)12(8-10)17(19)20/h3-4,8-9H,2,5-7,15H2,1H3,(H,16,18). The van der Waals surface area contributed by atoms with E-state index < -0.39 is 16.4 Å². The van der Waals surface area contributed by atoms with Crippen LogP contribution in [0.15, 0.2) is 18.2 Å². The van der Waals surface area contributed by atoms with Crippen molar-refractivity contribution in [1.29, 1.82) is 0 Å². The number of carbonyl (C=O) groups excluding carboxylic acids is 1. The molecule has 110 valence electrons. The first-order valence-corrected chi connectivity index (χ1v) is 6.38. The fourth-order valence-corrected chi connectivity index (χ4v) is 1.76. The molecule has 0 aliphatic carbocycles. The molecule has 0 fully saturated rings. The fourth-order valence-electron chi connectivity index (χ4n) is 1.76. The summed E-state index contributed by atoms with van der Waals surface area (Å²) in [6, 6.07) is 3.27. The van der Waals surface area contributed by atoms with Crippen molar-refractivity contribution in [2.45, 2.75) is 26.2 Å². The normalized spacial score (nSPS) is 11.9. The van der Waals surface area contributed by atoms with Gasteiger partial charge >= 0.3 is 5.69 Å². The molecule has 7 heteroatoms. The first kappa shape index (κ1) is 16.0. The number of carbonyl (C=O) groups is 1. The molecule has 1 unspecified atom stereocenters. The monoisotopic (exact) mass is 283 g/mol. The van der Waals surface area contributed by atoms with Gasteiger partial charge in [0.2, 0.25) is 11.7 Å². The van der Waals surface area contributed by atoms with Crippen LogP contribution in [0, 0.1) is 21.8 Å². The molecule has 0 spiro atoms. The largest absolute Gasteiger partial charge is 0.330 e. The van der Waals surface area contributed by atoms with E-state index in [-0.39, 0.29) is 11.6 Å². The molecule has 0 bridgehead atoms. The molecule has 20 heavy (non-hydrogen) atoms. The van der Waals surface area contributed by atoms with Gasteiger partial charge in [-0.15, -0.1) is 0 Å². The van der Waals surface area contributed by atoms with Crippen LogP contribution in [-0.4, -0.2) is 17.4 Å². The maximum absolute atomic E-state index is 13.1. The van der Waals surface area contributed by atoms with Gasteiger partial charge in [-0.2, -0.15) is 4.39 Å². The van der Waals surface area contributed by atoms with Gasteiger partial charge in [-0.05, 0) is 37.4 Å². The third-order valence-corrected chi connectivity index (χ3v) is 2.95. The SMILES string of the molecule is CC(CCN)CCC(=O)Nc1ccc(F)c([N+](=O)[O-])c1. The molecule has 0 aliphatic heterocycles. The van der Waals surface area contributed by atoms with E-state index in [1.54, 1.807) is 0 Å². The van der Waals surface area contributed by atoms with Gasteiger partial charge < -0.3 is 11.1 Å². The summed E-state index contributed by atoms with van der Waals surface area (Å²) in [5, 5.41) is 13.1. The number of hydrogen-bond donors (Lipinski definition) is 2. The Bertz CT molecular complexity index is 494. The van der Waals surface area contributed by atoms with Gasteiger partial charge in [0, 0.05) is 18.2 Å². The molecular weight excluding hydrogens is 265 g/mol. The predicted octanol–water partition coefficient (Wildman–Crippen LogP) is 2.44. The van der Waals surface area contributed by atoms with E-state index in [0.717, 1.165) is 18.6 Å². The van der Waals surface area contributed by atoms with Crippen LogP contribution in [0.25, 0.3) is 0 Å². The summed E-state index contributed by atoms with van der Waals surface area (Å²) < 4.78 is 13.1. The highest BCUT2D eigenvalue weighted by Crippen LogP contribution is 2.22. The third-order valence-electron chi connectivity index (χ3n) is 2.95. The Balaban J connectivity index is 2.58. The van der Waals surface area contributed by atoms with E-state index >= 15 is 0 Å². The molecule has 1 aromatic rings. The highest BCUT2D eigenvalue weighted by molar-refractivity contribution is 5.91. The molecule has 1 atom stereocenters. The Kier molecular flexibility index (Phi) is 6.05. The smallest absolute Gasteiger partial charge is 0.306 e. The first-order valence-electron chi connectivity index (χ1n) is 6.38. The lowest BCUT2D eigenvalue weighted by Gasteiger charge is -2.10. The number of nitrogens with one attached hydrogen (secondary N) is 1. The first-order chi connectivity index (χ1) is 9.43. The van der Waals surface area contributed by atoms with E-state index in [9.17, 15) is 19.3 Å². The van der Waals surface area contributed by atoms with Crippen LogP contribution in [0.4, 0.5) is 15.8 Å². The number of nitro benzene ring substituents is 1. The van der Waals surface area contributed by atoms with Crippen molar-refractivity contribution in [3.8, 4) is 0 Å². The highest BCUT2D eigenvalue weighted by atomic mass is 19.1. The second-order valence-electron chi connectivity index (χ2n) is 4.69. The van der Waals surface area contributed by atoms with Crippen LogP contribution in [0.5, 0.6) is 0 Å². The highest BCUT2D eigenvalue weighted by Gasteiger charge is 2.15. The minimum absolute atomic E-state index is 0.217. The lowest BCUT2D eigenvalue weighted by atomic mass is 10.0. The molecule has 1 amide bonds. The molecular formula is C13H18FN3O3. The van der Waals surface area contributed by atoms with Gasteiger partial charge in [0.1, 0.15) is 0 Å². The van der Waals surface area contributed by atoms with E-state index in [4.69, 9.17) is 5.73 Å². The van der Waals surface area contributed by atoms with Gasteiger partial charge in [0.25, 0.3) is 0 Å². The molecule has 1 rings (SSSR count). The number of halogens is 1. The summed E-state index contributed by atoms with van der Waals surface area (Å²) in [7, 11) is 0. The molecule has 0 saturated heterocycles.